The lowest BCUT2D eigenvalue weighted by Gasteiger charge is -2.17. The molecule has 2 aliphatic rings. The molecule has 2 heterocycles. The fourth-order valence-electron chi connectivity index (χ4n) is 2.84. The molecule has 5 nitrogen and oxygen atoms in total. The van der Waals surface area contributed by atoms with Crippen molar-refractivity contribution in [3.63, 3.8) is 0 Å². The molecule has 2 fully saturated rings. The Balaban J connectivity index is 1.55. The van der Waals surface area contributed by atoms with Crippen LogP contribution < -0.4 is 5.32 Å². The number of nitrogens with one attached hydrogen (secondary N) is 1. The van der Waals surface area contributed by atoms with Gasteiger partial charge in [0.05, 0.1) is 5.56 Å². The molecule has 0 spiro atoms. The van der Waals surface area contributed by atoms with E-state index in [2.05, 4.69) is 17.2 Å². The van der Waals surface area contributed by atoms with Gasteiger partial charge in [-0.05, 0) is 37.8 Å². The van der Waals surface area contributed by atoms with Crippen molar-refractivity contribution in [2.24, 2.45) is 11.8 Å². The molecule has 1 aromatic rings. The van der Waals surface area contributed by atoms with Gasteiger partial charge in [-0.3, -0.25) is 14.6 Å². The van der Waals surface area contributed by atoms with Gasteiger partial charge in [0.25, 0.3) is 5.91 Å². The molecule has 5 heteroatoms. The van der Waals surface area contributed by atoms with Crippen molar-refractivity contribution in [1.82, 2.24) is 15.2 Å². The number of hydrogen-bond donors (Lipinski definition) is 1. The molecule has 1 aliphatic heterocycles. The molecule has 1 saturated heterocycles. The number of likely N-dealkylation sites (tertiary alicyclic amines) is 1. The van der Waals surface area contributed by atoms with Gasteiger partial charge in [-0.2, -0.15) is 0 Å². The molecular formula is C16H21N3O2. The van der Waals surface area contributed by atoms with Crippen molar-refractivity contribution in [2.45, 2.75) is 32.7 Å². The van der Waals surface area contributed by atoms with Gasteiger partial charge in [0.1, 0.15) is 0 Å². The maximum absolute atomic E-state index is 12.4. The summed E-state index contributed by atoms with van der Waals surface area (Å²) in [6, 6.07) is 3.74. The van der Waals surface area contributed by atoms with E-state index in [-0.39, 0.29) is 23.8 Å². The molecular weight excluding hydrogens is 266 g/mol. The SMILES string of the molecule is Cc1ccc(C(=O)N2CC[C@@H](NC(=O)C3CC3C)C2)cn1. The second-order valence-electron chi connectivity index (χ2n) is 6.25. The van der Waals surface area contributed by atoms with E-state index in [9.17, 15) is 9.59 Å². The van der Waals surface area contributed by atoms with Crippen LogP contribution in [-0.2, 0) is 4.79 Å². The standard InChI is InChI=1S/C16H21N3O2/c1-10-7-14(10)15(20)18-13-5-6-19(9-13)16(21)12-4-3-11(2)17-8-12/h3-4,8,10,13-14H,5-7,9H2,1-2H3,(H,18,20)/t10?,13-,14?/m1/s1. The lowest BCUT2D eigenvalue weighted by atomic mass is 10.2. The van der Waals surface area contributed by atoms with Crippen molar-refractivity contribution >= 4 is 11.8 Å². The molecule has 0 bridgehead atoms. The quantitative estimate of drug-likeness (QED) is 0.913. The summed E-state index contributed by atoms with van der Waals surface area (Å²) in [7, 11) is 0. The van der Waals surface area contributed by atoms with Crippen molar-refractivity contribution in [3.05, 3.63) is 29.6 Å². The largest absolute Gasteiger partial charge is 0.351 e. The number of hydrogen-bond acceptors (Lipinski definition) is 3. The Bertz CT molecular complexity index is 555. The van der Waals surface area contributed by atoms with E-state index in [4.69, 9.17) is 0 Å². The van der Waals surface area contributed by atoms with Gasteiger partial charge in [-0.15, -0.1) is 0 Å². The molecule has 2 amide bonds. The van der Waals surface area contributed by atoms with Gasteiger partial charge in [0, 0.05) is 36.9 Å². The van der Waals surface area contributed by atoms with Gasteiger partial charge in [-0.25, -0.2) is 0 Å². The Morgan fingerprint density at radius 3 is 2.76 bits per heavy atom. The molecule has 1 aromatic heterocycles. The Morgan fingerprint density at radius 1 is 1.38 bits per heavy atom. The summed E-state index contributed by atoms with van der Waals surface area (Å²) >= 11 is 0. The zero-order chi connectivity index (χ0) is 15.0. The zero-order valence-corrected chi connectivity index (χ0v) is 12.5. The van der Waals surface area contributed by atoms with Crippen LogP contribution in [0.1, 0.15) is 35.8 Å². The first-order valence-electron chi connectivity index (χ1n) is 7.57. The average Bonchev–Trinajstić information content (AvgIpc) is 3.02. The van der Waals surface area contributed by atoms with Crippen LogP contribution in [0.2, 0.25) is 0 Å². The summed E-state index contributed by atoms with van der Waals surface area (Å²) in [5.41, 5.74) is 1.51. The molecule has 1 N–H and O–H groups in total. The number of amides is 2. The van der Waals surface area contributed by atoms with Crippen LogP contribution in [0.4, 0.5) is 0 Å². The van der Waals surface area contributed by atoms with Crippen molar-refractivity contribution in [1.29, 1.82) is 0 Å². The summed E-state index contributed by atoms with van der Waals surface area (Å²) in [5.74, 6) is 0.858. The lowest BCUT2D eigenvalue weighted by molar-refractivity contribution is -0.123. The van der Waals surface area contributed by atoms with E-state index in [0.29, 0.717) is 24.6 Å². The van der Waals surface area contributed by atoms with Crippen molar-refractivity contribution in [2.75, 3.05) is 13.1 Å². The maximum atomic E-state index is 12.4. The minimum atomic E-state index is -0.000890. The maximum Gasteiger partial charge on any atom is 0.255 e. The minimum absolute atomic E-state index is 0.000890. The topological polar surface area (TPSA) is 62.3 Å². The summed E-state index contributed by atoms with van der Waals surface area (Å²) in [5, 5.41) is 3.07. The van der Waals surface area contributed by atoms with E-state index in [1.54, 1.807) is 11.1 Å². The van der Waals surface area contributed by atoms with Gasteiger partial charge in [0.2, 0.25) is 5.91 Å². The summed E-state index contributed by atoms with van der Waals surface area (Å²) in [4.78, 5) is 30.3. The Morgan fingerprint density at radius 2 is 2.14 bits per heavy atom. The van der Waals surface area contributed by atoms with Crippen LogP contribution in [0.15, 0.2) is 18.3 Å². The molecule has 1 aliphatic carbocycles. The van der Waals surface area contributed by atoms with Gasteiger partial charge < -0.3 is 10.2 Å². The van der Waals surface area contributed by atoms with E-state index in [1.807, 2.05) is 19.1 Å². The fourth-order valence-corrected chi connectivity index (χ4v) is 2.84. The summed E-state index contributed by atoms with van der Waals surface area (Å²) in [6.45, 7) is 5.28. The van der Waals surface area contributed by atoms with E-state index in [1.165, 1.54) is 0 Å². The first-order chi connectivity index (χ1) is 10.0. The molecule has 21 heavy (non-hydrogen) atoms. The monoisotopic (exact) mass is 287 g/mol. The number of aromatic nitrogens is 1. The minimum Gasteiger partial charge on any atom is -0.351 e. The fraction of sp³-hybridized carbons (Fsp3) is 0.562. The molecule has 3 atom stereocenters. The molecule has 0 aromatic carbocycles. The predicted molar refractivity (Wildman–Crippen MR) is 78.7 cm³/mol. The van der Waals surface area contributed by atoms with Crippen LogP contribution in [0, 0.1) is 18.8 Å². The first kappa shape index (κ1) is 14.0. The van der Waals surface area contributed by atoms with E-state index >= 15 is 0 Å². The third-order valence-electron chi connectivity index (χ3n) is 4.43. The smallest absolute Gasteiger partial charge is 0.255 e. The first-order valence-corrected chi connectivity index (χ1v) is 7.57. The predicted octanol–water partition coefficient (Wildman–Crippen LogP) is 1.38. The highest BCUT2D eigenvalue weighted by Gasteiger charge is 2.40. The summed E-state index contributed by atoms with van der Waals surface area (Å²) in [6.07, 6.45) is 3.45. The highest BCUT2D eigenvalue weighted by Crippen LogP contribution is 2.37. The van der Waals surface area contributed by atoms with Crippen molar-refractivity contribution < 1.29 is 9.59 Å². The third-order valence-corrected chi connectivity index (χ3v) is 4.43. The second-order valence-corrected chi connectivity index (χ2v) is 6.25. The normalized spacial score (nSPS) is 27.5. The van der Waals surface area contributed by atoms with Gasteiger partial charge in [0.15, 0.2) is 0 Å². The Hall–Kier alpha value is -1.91. The number of rotatable bonds is 3. The Labute approximate surface area is 124 Å². The molecule has 112 valence electrons. The zero-order valence-electron chi connectivity index (χ0n) is 12.5. The van der Waals surface area contributed by atoms with Crippen molar-refractivity contribution in [3.8, 4) is 0 Å². The van der Waals surface area contributed by atoms with Crippen LogP contribution in [0.3, 0.4) is 0 Å². The van der Waals surface area contributed by atoms with Gasteiger partial charge >= 0.3 is 0 Å². The van der Waals surface area contributed by atoms with Crippen LogP contribution in [0.25, 0.3) is 0 Å². The van der Waals surface area contributed by atoms with E-state index in [0.717, 1.165) is 18.5 Å². The van der Waals surface area contributed by atoms with Gasteiger partial charge in [-0.1, -0.05) is 6.92 Å². The number of aryl methyl sites for hydroxylation is 1. The molecule has 3 rings (SSSR count). The Kier molecular flexibility index (Phi) is 3.66. The summed E-state index contributed by atoms with van der Waals surface area (Å²) < 4.78 is 0. The van der Waals surface area contributed by atoms with E-state index < -0.39 is 0 Å². The van der Waals surface area contributed by atoms with Crippen LogP contribution in [0.5, 0.6) is 0 Å². The number of nitrogens with zero attached hydrogens (tertiary/aromatic N) is 2. The average molecular weight is 287 g/mol. The highest BCUT2D eigenvalue weighted by molar-refractivity contribution is 5.94. The molecule has 0 radical (unpaired) electrons. The van der Waals surface area contributed by atoms with Crippen LogP contribution >= 0.6 is 0 Å². The number of carbonyl (C=O) groups is 2. The van der Waals surface area contributed by atoms with Crippen LogP contribution in [-0.4, -0.2) is 40.8 Å². The second kappa shape index (κ2) is 5.47. The highest BCUT2D eigenvalue weighted by atomic mass is 16.2. The molecule has 1 saturated carbocycles. The number of carbonyl (C=O) groups excluding carboxylic acids is 2. The third kappa shape index (κ3) is 3.06. The lowest BCUT2D eigenvalue weighted by Crippen LogP contribution is -2.39. The molecule has 2 unspecified atom stereocenters. The number of pyridine rings is 1.